The summed E-state index contributed by atoms with van der Waals surface area (Å²) in [5, 5.41) is 12.8. The van der Waals surface area contributed by atoms with Crippen molar-refractivity contribution in [3.8, 4) is 0 Å². The Hall–Kier alpha value is -1.42. The van der Waals surface area contributed by atoms with Crippen LogP contribution >= 0.6 is 0 Å². The fourth-order valence-corrected chi connectivity index (χ4v) is 2.35. The molecule has 0 bridgehead atoms. The Kier molecular flexibility index (Phi) is 4.20. The summed E-state index contributed by atoms with van der Waals surface area (Å²) in [6.07, 6.45) is 1.75. The Morgan fingerprint density at radius 2 is 2.16 bits per heavy atom. The van der Waals surface area contributed by atoms with Gasteiger partial charge in [-0.25, -0.2) is 4.39 Å². The van der Waals surface area contributed by atoms with E-state index in [1.165, 1.54) is 6.07 Å². The van der Waals surface area contributed by atoms with Gasteiger partial charge in [-0.05, 0) is 36.5 Å². The van der Waals surface area contributed by atoms with Crippen LogP contribution in [0.2, 0.25) is 0 Å². The highest BCUT2D eigenvalue weighted by Crippen LogP contribution is 2.31. The maximum atomic E-state index is 14.0. The number of hydrogen-bond acceptors (Lipinski definition) is 2. The second-order valence-corrected chi connectivity index (χ2v) is 5.34. The van der Waals surface area contributed by atoms with Crippen molar-refractivity contribution >= 4 is 11.6 Å². The van der Waals surface area contributed by atoms with Crippen LogP contribution in [0.3, 0.4) is 0 Å². The van der Waals surface area contributed by atoms with Crippen LogP contribution in [-0.2, 0) is 11.2 Å². The first-order valence-corrected chi connectivity index (χ1v) is 6.81. The lowest BCUT2D eigenvalue weighted by molar-refractivity contribution is -0.116. The number of rotatable bonds is 4. The van der Waals surface area contributed by atoms with Crippen LogP contribution in [-0.4, -0.2) is 11.0 Å². The van der Waals surface area contributed by atoms with Gasteiger partial charge in [-0.1, -0.05) is 20.3 Å². The molecule has 2 rings (SSSR count). The van der Waals surface area contributed by atoms with E-state index in [0.717, 1.165) is 12.0 Å². The van der Waals surface area contributed by atoms with Gasteiger partial charge in [0.05, 0.1) is 6.10 Å². The Morgan fingerprint density at radius 3 is 2.84 bits per heavy atom. The summed E-state index contributed by atoms with van der Waals surface area (Å²) >= 11 is 0. The summed E-state index contributed by atoms with van der Waals surface area (Å²) in [6.45, 7) is 4.09. The number of amides is 1. The van der Waals surface area contributed by atoms with Crippen molar-refractivity contribution in [2.24, 2.45) is 5.92 Å². The fraction of sp³-hybridized carbons (Fsp3) is 0.533. The minimum absolute atomic E-state index is 0.0835. The highest BCUT2D eigenvalue weighted by atomic mass is 19.1. The third-order valence-electron chi connectivity index (χ3n) is 3.80. The van der Waals surface area contributed by atoms with Crippen molar-refractivity contribution in [1.82, 2.24) is 0 Å². The average Bonchev–Trinajstić information content (AvgIpc) is 2.37. The molecule has 1 aromatic rings. The van der Waals surface area contributed by atoms with Crippen LogP contribution in [0.1, 0.15) is 50.3 Å². The van der Waals surface area contributed by atoms with Gasteiger partial charge >= 0.3 is 0 Å². The topological polar surface area (TPSA) is 49.3 Å². The molecule has 104 valence electrons. The SMILES string of the molecule is CCC(C)CC(O)c1cc2c(cc1F)NC(=O)CC2. The van der Waals surface area contributed by atoms with E-state index in [2.05, 4.69) is 12.2 Å². The molecule has 2 N–H and O–H groups in total. The molecule has 19 heavy (non-hydrogen) atoms. The van der Waals surface area contributed by atoms with Crippen LogP contribution in [0.5, 0.6) is 0 Å². The van der Waals surface area contributed by atoms with E-state index in [1.807, 2.05) is 6.92 Å². The summed E-state index contributed by atoms with van der Waals surface area (Å²) in [5.74, 6) is -0.179. The first kappa shape index (κ1) is 14.0. The average molecular weight is 265 g/mol. The molecule has 1 aliphatic rings. The first-order chi connectivity index (χ1) is 9.01. The normalized spacial score (nSPS) is 17.6. The van der Waals surface area contributed by atoms with E-state index < -0.39 is 11.9 Å². The predicted molar refractivity (Wildman–Crippen MR) is 72.4 cm³/mol. The van der Waals surface area contributed by atoms with Gasteiger partial charge in [0, 0.05) is 17.7 Å². The number of carbonyl (C=O) groups is 1. The summed E-state index contributed by atoms with van der Waals surface area (Å²) in [5.41, 5.74) is 1.78. The third-order valence-corrected chi connectivity index (χ3v) is 3.80. The van der Waals surface area contributed by atoms with Crippen LogP contribution in [0, 0.1) is 11.7 Å². The number of nitrogens with one attached hydrogen (secondary N) is 1. The molecule has 1 aliphatic heterocycles. The van der Waals surface area contributed by atoms with Gasteiger partial charge in [0.15, 0.2) is 0 Å². The molecular formula is C15H20FNO2. The number of anilines is 1. The smallest absolute Gasteiger partial charge is 0.224 e. The van der Waals surface area contributed by atoms with Crippen LogP contribution in [0.15, 0.2) is 12.1 Å². The number of halogens is 1. The van der Waals surface area contributed by atoms with Gasteiger partial charge in [0.25, 0.3) is 0 Å². The largest absolute Gasteiger partial charge is 0.388 e. The molecule has 2 unspecified atom stereocenters. The molecule has 1 amide bonds. The van der Waals surface area contributed by atoms with E-state index in [-0.39, 0.29) is 5.91 Å². The van der Waals surface area contributed by atoms with E-state index >= 15 is 0 Å². The summed E-state index contributed by atoms with van der Waals surface area (Å²) < 4.78 is 14.0. The lowest BCUT2D eigenvalue weighted by atomic mass is 9.93. The zero-order chi connectivity index (χ0) is 14.0. The molecule has 0 saturated heterocycles. The second-order valence-electron chi connectivity index (χ2n) is 5.34. The zero-order valence-corrected chi connectivity index (χ0v) is 11.4. The molecule has 2 atom stereocenters. The fourth-order valence-electron chi connectivity index (χ4n) is 2.35. The van der Waals surface area contributed by atoms with Crippen molar-refractivity contribution in [2.45, 2.75) is 45.6 Å². The molecule has 0 fully saturated rings. The Balaban J connectivity index is 2.24. The van der Waals surface area contributed by atoms with Gasteiger partial charge in [-0.15, -0.1) is 0 Å². The molecule has 0 spiro atoms. The predicted octanol–water partition coefficient (Wildman–Crippen LogP) is 3.18. The molecule has 0 saturated carbocycles. The Bertz CT molecular complexity index is 487. The second kappa shape index (κ2) is 5.70. The maximum Gasteiger partial charge on any atom is 0.224 e. The number of aliphatic hydroxyl groups is 1. The van der Waals surface area contributed by atoms with Gasteiger partial charge < -0.3 is 10.4 Å². The number of fused-ring (bicyclic) bond motifs is 1. The number of hydrogen-bond donors (Lipinski definition) is 2. The Labute approximate surface area is 112 Å². The van der Waals surface area contributed by atoms with Gasteiger partial charge in [-0.3, -0.25) is 4.79 Å². The summed E-state index contributed by atoms with van der Waals surface area (Å²) in [6, 6.07) is 3.01. The quantitative estimate of drug-likeness (QED) is 0.878. The van der Waals surface area contributed by atoms with Crippen LogP contribution < -0.4 is 5.32 Å². The standard InChI is InChI=1S/C15H20FNO2/c1-3-9(2)6-14(18)11-7-10-4-5-15(19)17-13(10)8-12(11)16/h7-9,14,18H,3-6H2,1-2H3,(H,17,19). The van der Waals surface area contributed by atoms with Crippen LogP contribution in [0.4, 0.5) is 10.1 Å². The molecule has 0 aromatic heterocycles. The molecule has 1 heterocycles. The minimum Gasteiger partial charge on any atom is -0.388 e. The van der Waals surface area contributed by atoms with Gasteiger partial charge in [-0.2, -0.15) is 0 Å². The minimum atomic E-state index is -0.780. The number of carbonyl (C=O) groups excluding carboxylic acids is 1. The van der Waals surface area contributed by atoms with E-state index in [4.69, 9.17) is 0 Å². The van der Waals surface area contributed by atoms with E-state index in [9.17, 15) is 14.3 Å². The van der Waals surface area contributed by atoms with Crippen molar-refractivity contribution in [3.05, 3.63) is 29.1 Å². The first-order valence-electron chi connectivity index (χ1n) is 6.81. The molecule has 1 aromatic carbocycles. The highest BCUT2D eigenvalue weighted by molar-refractivity contribution is 5.93. The molecule has 3 nitrogen and oxygen atoms in total. The van der Waals surface area contributed by atoms with Crippen molar-refractivity contribution < 1.29 is 14.3 Å². The Morgan fingerprint density at radius 1 is 1.42 bits per heavy atom. The summed E-state index contributed by atoms with van der Waals surface area (Å²) in [4.78, 5) is 11.3. The summed E-state index contributed by atoms with van der Waals surface area (Å²) in [7, 11) is 0. The maximum absolute atomic E-state index is 14.0. The molecule has 0 radical (unpaired) electrons. The third kappa shape index (κ3) is 3.13. The van der Waals surface area contributed by atoms with E-state index in [1.54, 1.807) is 6.07 Å². The lowest BCUT2D eigenvalue weighted by Gasteiger charge is -2.21. The number of aryl methyl sites for hydroxylation is 1. The van der Waals surface area contributed by atoms with Crippen molar-refractivity contribution in [2.75, 3.05) is 5.32 Å². The van der Waals surface area contributed by atoms with Gasteiger partial charge in [0.1, 0.15) is 5.82 Å². The van der Waals surface area contributed by atoms with Crippen molar-refractivity contribution in [1.29, 1.82) is 0 Å². The zero-order valence-electron chi connectivity index (χ0n) is 11.4. The molecule has 4 heteroatoms. The van der Waals surface area contributed by atoms with E-state index in [0.29, 0.717) is 36.4 Å². The number of benzene rings is 1. The number of aliphatic hydroxyl groups excluding tert-OH is 1. The monoisotopic (exact) mass is 265 g/mol. The molecular weight excluding hydrogens is 245 g/mol. The van der Waals surface area contributed by atoms with Gasteiger partial charge in [0.2, 0.25) is 5.91 Å². The van der Waals surface area contributed by atoms with Crippen molar-refractivity contribution in [3.63, 3.8) is 0 Å². The lowest BCUT2D eigenvalue weighted by Crippen LogP contribution is -2.20. The molecule has 0 aliphatic carbocycles. The van der Waals surface area contributed by atoms with Crippen LogP contribution in [0.25, 0.3) is 0 Å². The highest BCUT2D eigenvalue weighted by Gasteiger charge is 2.21.